The molecule has 0 spiro atoms. The third-order valence-corrected chi connectivity index (χ3v) is 3.71. The average Bonchev–Trinajstić information content (AvgIpc) is 2.50. The standard InChI is InChI=1S/C17H25ClFNO4/c1-6-22-16(21)12-9-14(19)15(10-13(12)18)23-8-7-11(2)24-17(3,4)20-5/h9-11,20H,6-8H2,1-5H3. The third-order valence-electron chi connectivity index (χ3n) is 3.40. The first-order chi connectivity index (χ1) is 11.2. The summed E-state index contributed by atoms with van der Waals surface area (Å²) < 4.78 is 30.1. The van der Waals surface area contributed by atoms with Gasteiger partial charge in [0.15, 0.2) is 11.6 Å². The van der Waals surface area contributed by atoms with E-state index in [0.717, 1.165) is 6.07 Å². The highest BCUT2D eigenvalue weighted by molar-refractivity contribution is 6.33. The lowest BCUT2D eigenvalue weighted by Crippen LogP contribution is -2.42. The van der Waals surface area contributed by atoms with Gasteiger partial charge in [0.05, 0.1) is 29.9 Å². The second kappa shape index (κ2) is 9.20. The minimum absolute atomic E-state index is 0.00637. The molecule has 1 unspecified atom stereocenters. The van der Waals surface area contributed by atoms with Crippen LogP contribution in [0.1, 0.15) is 44.5 Å². The first-order valence-electron chi connectivity index (χ1n) is 7.85. The van der Waals surface area contributed by atoms with E-state index < -0.39 is 17.5 Å². The molecule has 24 heavy (non-hydrogen) atoms. The number of halogens is 2. The van der Waals surface area contributed by atoms with E-state index in [1.54, 1.807) is 6.92 Å². The fourth-order valence-corrected chi connectivity index (χ4v) is 2.19. The maximum Gasteiger partial charge on any atom is 0.339 e. The molecule has 0 saturated heterocycles. The molecule has 1 aromatic rings. The summed E-state index contributed by atoms with van der Waals surface area (Å²) in [6, 6.07) is 2.31. The van der Waals surface area contributed by atoms with Gasteiger partial charge in [0.25, 0.3) is 0 Å². The highest BCUT2D eigenvalue weighted by Gasteiger charge is 2.20. The molecule has 0 aliphatic rings. The molecule has 5 nitrogen and oxygen atoms in total. The van der Waals surface area contributed by atoms with Crippen molar-refractivity contribution in [3.8, 4) is 5.75 Å². The quantitative estimate of drug-likeness (QED) is 0.535. The molecule has 0 bridgehead atoms. The first kappa shape index (κ1) is 20.7. The number of nitrogens with one attached hydrogen (secondary N) is 1. The van der Waals surface area contributed by atoms with Gasteiger partial charge in [0.1, 0.15) is 5.72 Å². The summed E-state index contributed by atoms with van der Waals surface area (Å²) in [5, 5.41) is 3.13. The van der Waals surface area contributed by atoms with Crippen molar-refractivity contribution in [2.45, 2.75) is 45.9 Å². The Balaban J connectivity index is 2.63. The maximum atomic E-state index is 14.0. The number of ether oxygens (including phenoxy) is 3. The van der Waals surface area contributed by atoms with Crippen molar-refractivity contribution in [2.75, 3.05) is 20.3 Å². The molecule has 7 heteroatoms. The van der Waals surface area contributed by atoms with Gasteiger partial charge < -0.3 is 14.2 Å². The monoisotopic (exact) mass is 361 g/mol. The number of hydrogen-bond acceptors (Lipinski definition) is 5. The molecule has 0 radical (unpaired) electrons. The molecule has 136 valence electrons. The Morgan fingerprint density at radius 1 is 1.42 bits per heavy atom. The fraction of sp³-hybridized carbons (Fsp3) is 0.588. The summed E-state index contributed by atoms with van der Waals surface area (Å²) in [6.45, 7) is 7.85. The second-order valence-corrected chi connectivity index (χ2v) is 6.22. The van der Waals surface area contributed by atoms with Gasteiger partial charge >= 0.3 is 5.97 Å². The Morgan fingerprint density at radius 3 is 2.67 bits per heavy atom. The Hall–Kier alpha value is -1.37. The maximum absolute atomic E-state index is 14.0. The Morgan fingerprint density at radius 2 is 2.08 bits per heavy atom. The first-order valence-corrected chi connectivity index (χ1v) is 8.23. The summed E-state index contributed by atoms with van der Waals surface area (Å²) in [6.07, 6.45) is 0.492. The Bertz CT molecular complexity index is 566. The summed E-state index contributed by atoms with van der Waals surface area (Å²) in [7, 11) is 1.81. The molecule has 0 aromatic heterocycles. The number of carbonyl (C=O) groups is 1. The van der Waals surface area contributed by atoms with Crippen LogP contribution in [-0.2, 0) is 9.47 Å². The minimum Gasteiger partial charge on any atom is -0.490 e. The number of hydrogen-bond donors (Lipinski definition) is 1. The summed E-state index contributed by atoms with van der Waals surface area (Å²) in [5.41, 5.74) is -0.467. The van der Waals surface area contributed by atoms with Gasteiger partial charge in [-0.15, -0.1) is 0 Å². The van der Waals surface area contributed by atoms with Crippen molar-refractivity contribution in [3.05, 3.63) is 28.5 Å². The average molecular weight is 362 g/mol. The largest absolute Gasteiger partial charge is 0.490 e. The molecular formula is C17H25ClFNO4. The zero-order valence-corrected chi connectivity index (χ0v) is 15.5. The van der Waals surface area contributed by atoms with Crippen molar-refractivity contribution < 1.29 is 23.4 Å². The predicted molar refractivity (Wildman–Crippen MR) is 91.2 cm³/mol. The van der Waals surface area contributed by atoms with Crippen LogP contribution < -0.4 is 10.1 Å². The lowest BCUT2D eigenvalue weighted by Gasteiger charge is -2.28. The van der Waals surface area contributed by atoms with Gasteiger partial charge in [-0.1, -0.05) is 11.6 Å². The molecule has 0 aliphatic carbocycles. The van der Waals surface area contributed by atoms with Crippen molar-refractivity contribution in [1.82, 2.24) is 5.32 Å². The van der Waals surface area contributed by atoms with E-state index in [-0.39, 0.29) is 35.7 Å². The molecule has 0 saturated carbocycles. The molecular weight excluding hydrogens is 337 g/mol. The van der Waals surface area contributed by atoms with E-state index >= 15 is 0 Å². The highest BCUT2D eigenvalue weighted by Crippen LogP contribution is 2.27. The van der Waals surface area contributed by atoms with Crippen LogP contribution >= 0.6 is 11.6 Å². The SMILES string of the molecule is CCOC(=O)c1cc(F)c(OCCC(C)OC(C)(C)NC)cc1Cl. The topological polar surface area (TPSA) is 56.8 Å². The predicted octanol–water partition coefficient (Wildman–Crippen LogP) is 3.79. The van der Waals surface area contributed by atoms with E-state index in [1.165, 1.54) is 6.07 Å². The van der Waals surface area contributed by atoms with Crippen LogP contribution in [0.4, 0.5) is 4.39 Å². The summed E-state index contributed by atoms with van der Waals surface area (Å²) in [5.74, 6) is -1.33. The van der Waals surface area contributed by atoms with Crippen LogP contribution in [0.15, 0.2) is 12.1 Å². The number of benzene rings is 1. The molecule has 1 atom stereocenters. The van der Waals surface area contributed by atoms with Gasteiger partial charge in [-0.3, -0.25) is 5.32 Å². The van der Waals surface area contributed by atoms with Gasteiger partial charge in [-0.2, -0.15) is 0 Å². The van der Waals surface area contributed by atoms with Crippen molar-refractivity contribution in [1.29, 1.82) is 0 Å². The number of esters is 1. The molecule has 0 heterocycles. The van der Waals surface area contributed by atoms with Gasteiger partial charge in [0.2, 0.25) is 0 Å². The normalized spacial score (nSPS) is 12.8. The Labute approximate surface area is 147 Å². The molecule has 1 N–H and O–H groups in total. The van der Waals surface area contributed by atoms with Crippen molar-refractivity contribution in [2.24, 2.45) is 0 Å². The number of carbonyl (C=O) groups excluding carboxylic acids is 1. The van der Waals surface area contributed by atoms with Gasteiger partial charge in [-0.25, -0.2) is 9.18 Å². The van der Waals surface area contributed by atoms with E-state index in [2.05, 4.69) is 5.32 Å². The van der Waals surface area contributed by atoms with Crippen molar-refractivity contribution in [3.63, 3.8) is 0 Å². The summed E-state index contributed by atoms with van der Waals surface area (Å²) >= 11 is 6.00. The lowest BCUT2D eigenvalue weighted by atomic mass is 10.2. The van der Waals surface area contributed by atoms with Crippen LogP contribution in [0.25, 0.3) is 0 Å². The van der Waals surface area contributed by atoms with Gasteiger partial charge in [-0.05, 0) is 40.8 Å². The van der Waals surface area contributed by atoms with Crippen LogP contribution in [-0.4, -0.2) is 38.1 Å². The van der Waals surface area contributed by atoms with Crippen LogP contribution in [0.3, 0.4) is 0 Å². The molecule has 1 rings (SSSR count). The van der Waals surface area contributed by atoms with Crippen LogP contribution in [0.5, 0.6) is 5.75 Å². The van der Waals surface area contributed by atoms with Crippen molar-refractivity contribution >= 4 is 17.6 Å². The van der Waals surface area contributed by atoms with Crippen LogP contribution in [0.2, 0.25) is 5.02 Å². The molecule has 0 fully saturated rings. The number of rotatable bonds is 9. The minimum atomic E-state index is -0.663. The van der Waals surface area contributed by atoms with E-state index in [4.69, 9.17) is 25.8 Å². The van der Waals surface area contributed by atoms with E-state index in [9.17, 15) is 9.18 Å². The van der Waals surface area contributed by atoms with Gasteiger partial charge in [0, 0.05) is 12.5 Å². The lowest BCUT2D eigenvalue weighted by molar-refractivity contribution is -0.0857. The zero-order chi connectivity index (χ0) is 18.3. The Kier molecular flexibility index (Phi) is 7.93. The molecule has 0 aliphatic heterocycles. The third kappa shape index (κ3) is 6.26. The zero-order valence-electron chi connectivity index (χ0n) is 14.7. The van der Waals surface area contributed by atoms with E-state index in [0.29, 0.717) is 6.42 Å². The fourth-order valence-electron chi connectivity index (χ4n) is 1.96. The molecule has 1 aromatic carbocycles. The highest BCUT2D eigenvalue weighted by atomic mass is 35.5. The van der Waals surface area contributed by atoms with Crippen LogP contribution in [0, 0.1) is 5.82 Å². The smallest absolute Gasteiger partial charge is 0.339 e. The summed E-state index contributed by atoms with van der Waals surface area (Å²) in [4.78, 5) is 11.7. The second-order valence-electron chi connectivity index (χ2n) is 5.81. The van der Waals surface area contributed by atoms with E-state index in [1.807, 2.05) is 27.8 Å². The molecule has 0 amide bonds.